The maximum atomic E-state index is 10.1. The van der Waals surface area contributed by atoms with Gasteiger partial charge in [-0.3, -0.25) is 0 Å². The van der Waals surface area contributed by atoms with Gasteiger partial charge >= 0.3 is 0 Å². The van der Waals surface area contributed by atoms with Crippen LogP contribution >= 0.6 is 0 Å². The summed E-state index contributed by atoms with van der Waals surface area (Å²) >= 11 is 0. The molecule has 0 fully saturated rings. The molecule has 7 aromatic rings. The van der Waals surface area contributed by atoms with Crippen molar-refractivity contribution in [2.24, 2.45) is 0 Å². The molecule has 0 N–H and O–H groups in total. The summed E-state index contributed by atoms with van der Waals surface area (Å²) in [4.78, 5) is 0. The quantitative estimate of drug-likeness (QED) is 0.201. The minimum atomic E-state index is 0.729. The van der Waals surface area contributed by atoms with Gasteiger partial charge < -0.3 is 9.13 Å². The van der Waals surface area contributed by atoms with Crippen LogP contribution in [0, 0.1) is 11.3 Å². The zero-order valence-corrected chi connectivity index (χ0v) is 25.4. The van der Waals surface area contributed by atoms with Gasteiger partial charge in [0.2, 0.25) is 0 Å². The zero-order chi connectivity index (χ0) is 30.6. The molecule has 0 radical (unpaired) electrons. The van der Waals surface area contributed by atoms with Gasteiger partial charge in [0.15, 0.2) is 0 Å². The fourth-order valence-corrected chi connectivity index (χ4v) is 7.73. The summed E-state index contributed by atoms with van der Waals surface area (Å²) in [5.74, 6) is 0. The molecule has 3 nitrogen and oxygen atoms in total. The minimum Gasteiger partial charge on any atom is -0.312 e. The van der Waals surface area contributed by atoms with E-state index in [1.807, 2.05) is 0 Å². The first kappa shape index (κ1) is 26.5. The molecule has 2 aliphatic carbocycles. The van der Waals surface area contributed by atoms with Crippen LogP contribution in [0.4, 0.5) is 0 Å². The molecule has 46 heavy (non-hydrogen) atoms. The van der Waals surface area contributed by atoms with E-state index in [0.29, 0.717) is 0 Å². The molecule has 2 aliphatic rings. The maximum absolute atomic E-state index is 10.1. The van der Waals surface area contributed by atoms with E-state index in [4.69, 9.17) is 0 Å². The highest BCUT2D eigenvalue weighted by atomic mass is 15.0. The molecule has 3 heteroatoms. The first-order valence-corrected chi connectivity index (χ1v) is 16.1. The van der Waals surface area contributed by atoms with Gasteiger partial charge in [-0.15, -0.1) is 0 Å². The number of benzene rings is 5. The second kappa shape index (κ2) is 10.6. The predicted octanol–water partition coefficient (Wildman–Crippen LogP) is 11.0. The number of nitrogens with zero attached hydrogens (tertiary/aromatic N) is 3. The van der Waals surface area contributed by atoms with E-state index in [1.165, 1.54) is 49.7 Å². The van der Waals surface area contributed by atoms with Crippen LogP contribution in [0.25, 0.3) is 66.9 Å². The van der Waals surface area contributed by atoms with Gasteiger partial charge in [-0.05, 0) is 90.4 Å². The lowest BCUT2D eigenvalue weighted by Gasteiger charge is -2.23. The molecular formula is C43H31N3. The van der Waals surface area contributed by atoms with Crippen molar-refractivity contribution in [3.8, 4) is 22.9 Å². The maximum Gasteiger partial charge on any atom is 0.0947 e. The van der Waals surface area contributed by atoms with Crippen molar-refractivity contribution in [2.45, 2.75) is 25.7 Å². The monoisotopic (exact) mass is 589 g/mol. The van der Waals surface area contributed by atoms with Gasteiger partial charge in [-0.1, -0.05) is 97.1 Å². The predicted molar refractivity (Wildman–Crippen MR) is 192 cm³/mol. The molecule has 0 saturated heterocycles. The van der Waals surface area contributed by atoms with Crippen molar-refractivity contribution >= 4 is 50.1 Å². The van der Waals surface area contributed by atoms with Crippen molar-refractivity contribution in [2.75, 3.05) is 0 Å². The van der Waals surface area contributed by atoms with E-state index in [-0.39, 0.29) is 0 Å². The average Bonchev–Trinajstić information content (AvgIpc) is 3.64. The number of aromatic nitrogens is 2. The van der Waals surface area contributed by atoms with Gasteiger partial charge in [-0.2, -0.15) is 5.26 Å². The second-order valence-electron chi connectivity index (χ2n) is 12.3. The Hall–Kier alpha value is -5.85. The van der Waals surface area contributed by atoms with Crippen molar-refractivity contribution in [1.29, 1.82) is 5.26 Å². The molecule has 0 saturated carbocycles. The number of allylic oxidation sites excluding steroid dienone is 5. The lowest BCUT2D eigenvalue weighted by atomic mass is 9.87. The number of nitriles is 1. The van der Waals surface area contributed by atoms with E-state index in [2.05, 4.69) is 155 Å². The number of fused-ring (bicyclic) bond motifs is 6. The first-order valence-electron chi connectivity index (χ1n) is 16.1. The van der Waals surface area contributed by atoms with Crippen LogP contribution < -0.4 is 0 Å². The SMILES string of the molecule is N#CC1=CC(c2ccccc2-c2cccc(-n3c4c(c5ccccc53)CCC=C4)c2)=C(n2c3ccccc3c3ccccc32)CC1. The van der Waals surface area contributed by atoms with Gasteiger partial charge in [0.05, 0.1) is 22.6 Å². The Kier molecular flexibility index (Phi) is 6.14. The van der Waals surface area contributed by atoms with Gasteiger partial charge in [0.1, 0.15) is 0 Å². The molecule has 0 atom stereocenters. The molecule has 218 valence electrons. The highest BCUT2D eigenvalue weighted by molar-refractivity contribution is 6.12. The summed E-state index contributed by atoms with van der Waals surface area (Å²) in [5.41, 5.74) is 14.1. The van der Waals surface area contributed by atoms with Crippen LogP contribution in [-0.4, -0.2) is 9.13 Å². The molecule has 5 aromatic carbocycles. The Morgan fingerprint density at radius 3 is 1.98 bits per heavy atom. The summed E-state index contributed by atoms with van der Waals surface area (Å²) in [6.07, 6.45) is 10.4. The van der Waals surface area contributed by atoms with Crippen molar-refractivity contribution < 1.29 is 0 Å². The molecule has 0 amide bonds. The molecule has 2 aromatic heterocycles. The molecule has 0 unspecified atom stereocenters. The lowest BCUT2D eigenvalue weighted by molar-refractivity contribution is 0.955. The average molecular weight is 590 g/mol. The smallest absolute Gasteiger partial charge is 0.0947 e. The normalized spacial score (nSPS) is 14.5. The number of para-hydroxylation sites is 3. The van der Waals surface area contributed by atoms with Gasteiger partial charge in [0.25, 0.3) is 0 Å². The van der Waals surface area contributed by atoms with E-state index >= 15 is 0 Å². The van der Waals surface area contributed by atoms with Crippen LogP contribution in [0.15, 0.2) is 139 Å². The van der Waals surface area contributed by atoms with E-state index in [0.717, 1.165) is 59.2 Å². The van der Waals surface area contributed by atoms with Crippen molar-refractivity contribution in [1.82, 2.24) is 9.13 Å². The number of rotatable bonds is 4. The Bertz CT molecular complexity index is 2430. The summed E-state index contributed by atoms with van der Waals surface area (Å²) in [6, 6.07) is 46.2. The lowest BCUT2D eigenvalue weighted by Crippen LogP contribution is -2.06. The number of hydrogen-bond donors (Lipinski definition) is 0. The van der Waals surface area contributed by atoms with Crippen molar-refractivity contribution in [3.63, 3.8) is 0 Å². The third-order valence-electron chi connectivity index (χ3n) is 9.74. The fraction of sp³-hybridized carbons (Fsp3) is 0.0930. The minimum absolute atomic E-state index is 0.729. The van der Waals surface area contributed by atoms with Gasteiger partial charge in [0, 0.05) is 44.4 Å². The van der Waals surface area contributed by atoms with Crippen LogP contribution in [-0.2, 0) is 6.42 Å². The molecular weight excluding hydrogens is 558 g/mol. The summed E-state index contributed by atoms with van der Waals surface area (Å²) in [7, 11) is 0. The molecule has 0 aliphatic heterocycles. The molecule has 2 heterocycles. The van der Waals surface area contributed by atoms with E-state index < -0.39 is 0 Å². The largest absolute Gasteiger partial charge is 0.312 e. The first-order chi connectivity index (χ1) is 22.8. The van der Waals surface area contributed by atoms with Crippen LogP contribution in [0.2, 0.25) is 0 Å². The molecule has 0 bridgehead atoms. The molecule has 0 spiro atoms. The van der Waals surface area contributed by atoms with Crippen LogP contribution in [0.1, 0.15) is 36.1 Å². The number of hydrogen-bond acceptors (Lipinski definition) is 1. The van der Waals surface area contributed by atoms with E-state index in [1.54, 1.807) is 0 Å². The Balaban J connectivity index is 1.28. The molecule has 9 rings (SSSR count). The highest BCUT2D eigenvalue weighted by Gasteiger charge is 2.23. The summed E-state index contributed by atoms with van der Waals surface area (Å²) in [5, 5.41) is 13.9. The van der Waals surface area contributed by atoms with Gasteiger partial charge in [-0.25, -0.2) is 0 Å². The summed E-state index contributed by atoms with van der Waals surface area (Å²) < 4.78 is 4.85. The Labute approximate surface area is 268 Å². The number of aryl methyl sites for hydroxylation is 1. The third-order valence-corrected chi connectivity index (χ3v) is 9.74. The highest BCUT2D eigenvalue weighted by Crippen LogP contribution is 2.43. The summed E-state index contributed by atoms with van der Waals surface area (Å²) in [6.45, 7) is 0. The second-order valence-corrected chi connectivity index (χ2v) is 12.3. The zero-order valence-electron chi connectivity index (χ0n) is 25.4. The van der Waals surface area contributed by atoms with Crippen molar-refractivity contribution in [3.05, 3.63) is 156 Å². The standard InChI is InChI=1S/C43H31N3/c44-28-29-24-25-43(46-41-22-9-5-18-36(41)37-19-6-10-23-42(37)46)38(26-29)33-15-2-1-14-32(33)30-12-11-13-31(27-30)45-39-20-7-3-16-34(39)35-17-4-8-21-40(35)45/h1-3,5-16,18-23,26-27H,4,17,24-25H2. The van der Waals surface area contributed by atoms with E-state index in [9.17, 15) is 5.26 Å². The van der Waals surface area contributed by atoms with Crippen LogP contribution in [0.3, 0.4) is 0 Å². The topological polar surface area (TPSA) is 33.6 Å². The Morgan fingerprint density at radius 1 is 0.587 bits per heavy atom. The van der Waals surface area contributed by atoms with Crippen LogP contribution in [0.5, 0.6) is 0 Å². The fourth-order valence-electron chi connectivity index (χ4n) is 7.73. The third kappa shape index (κ3) is 4.04. The Morgan fingerprint density at radius 2 is 1.24 bits per heavy atom.